The van der Waals surface area contributed by atoms with Crippen molar-refractivity contribution in [2.75, 3.05) is 28.4 Å². The van der Waals surface area contributed by atoms with E-state index in [-0.39, 0.29) is 111 Å². The van der Waals surface area contributed by atoms with Gasteiger partial charge in [-0.05, 0) is 158 Å². The van der Waals surface area contributed by atoms with Crippen LogP contribution in [0.3, 0.4) is 0 Å². The molecule has 87 heavy (non-hydrogen) atoms. The van der Waals surface area contributed by atoms with Gasteiger partial charge >= 0.3 is 21.9 Å². The quantitative estimate of drug-likeness (QED) is 0.180. The summed E-state index contributed by atoms with van der Waals surface area (Å²) in [5.41, 5.74) is -3.45. The number of hydrogen-bond acceptors (Lipinski definition) is 22. The van der Waals surface area contributed by atoms with Crippen molar-refractivity contribution in [2.24, 2.45) is 0 Å². The highest BCUT2D eigenvalue weighted by atomic mass is 79.9. The second-order valence-electron chi connectivity index (χ2n) is 30.6. The standard InChI is InChI=1S/C16H26BBrO6.C16H27BO6.C10H14Br2O4.C10H15BrO4.C6H12BO2/c1-12(2)13(3,4)24-17(23-12)16(18)8-15(16)10-9(11(19-7)22-15)20-14(5,6)21-10;1-13(2)14(3,4)23-17(22-13)9-8-16(9)11-10(12(18-7)21-16)19-15(5,6)20-11;1-8(2)14-5-6(15-8)9(4-10(9,11)12)16-7(5)13-3;1-9(2)13-6-7(14-9)10(4-5(10)11)15-8(6)12-3;1-5(2)6(3,4)9-7-8-5/h9-11H,8H2,1-7H3;9-12H,8H2,1-7H3;5-7H,4H2,1-3H3;5-8H,4H2,1-3H3;1-4H3/t9-,10?,11+,15+,16?;9-,10-,11?,12+,16-;5-,6?,7+,9+;5?,6-,7?,8+,10-;/m0000./s1. The summed E-state index contributed by atoms with van der Waals surface area (Å²) in [6.45, 7) is 39.9. The van der Waals surface area contributed by atoms with Crippen LogP contribution < -0.4 is 0 Å². The van der Waals surface area contributed by atoms with Gasteiger partial charge in [-0.15, -0.1) is 0 Å². The Bertz CT molecular complexity index is 2560. The second kappa shape index (κ2) is 21.9. The number of ether oxygens (including phenoxy) is 16. The highest BCUT2D eigenvalue weighted by Gasteiger charge is 2.87. The average molecular weight is 1500 g/mol. The lowest BCUT2D eigenvalue weighted by Crippen LogP contribution is -2.45. The van der Waals surface area contributed by atoms with Crippen LogP contribution in [0.1, 0.15) is 164 Å². The molecule has 4 aliphatic carbocycles. The van der Waals surface area contributed by atoms with Crippen molar-refractivity contribution in [1.29, 1.82) is 0 Å². The molecule has 29 heteroatoms. The predicted octanol–water partition coefficient (Wildman–Crippen LogP) is 9.21. The zero-order chi connectivity index (χ0) is 64.3. The Hall–Kier alpha value is 1.23. The normalized spacial score (nSPS) is 49.1. The lowest BCUT2D eigenvalue weighted by Gasteiger charge is -2.32. The summed E-state index contributed by atoms with van der Waals surface area (Å²) < 4.78 is 128. The fraction of sp³-hybridized carbons (Fsp3) is 1.00. The molecule has 11 aliphatic heterocycles. The third kappa shape index (κ3) is 11.6. The van der Waals surface area contributed by atoms with Gasteiger partial charge in [0.2, 0.25) is 0 Å². The highest BCUT2D eigenvalue weighted by Crippen LogP contribution is 2.71. The van der Waals surface area contributed by atoms with Crippen molar-refractivity contribution in [1.82, 2.24) is 0 Å². The average Bonchev–Trinajstić information content (AvgIpc) is 1.51. The van der Waals surface area contributed by atoms with E-state index in [9.17, 15) is 0 Å². The van der Waals surface area contributed by atoms with Gasteiger partial charge in [0, 0.05) is 45.5 Å². The van der Waals surface area contributed by atoms with Crippen LogP contribution in [-0.2, 0) is 104 Å². The number of fused-ring (bicyclic) bond motifs is 8. The second-order valence-corrected chi connectivity index (χ2v) is 36.9. The lowest BCUT2D eigenvalue weighted by molar-refractivity contribution is -0.232. The Morgan fingerprint density at radius 2 is 0.701 bits per heavy atom. The molecule has 0 aromatic heterocycles. The summed E-state index contributed by atoms with van der Waals surface area (Å²) in [7, 11) is 7.24. The summed E-state index contributed by atoms with van der Waals surface area (Å²) in [5, 5.41) is 0. The van der Waals surface area contributed by atoms with Gasteiger partial charge in [-0.2, -0.15) is 0 Å². The molecule has 0 aromatic carbocycles. The van der Waals surface area contributed by atoms with Crippen LogP contribution >= 0.6 is 63.7 Å². The van der Waals surface area contributed by atoms with Gasteiger partial charge in [-0.3, -0.25) is 0 Å². The molecule has 0 amide bonds. The van der Waals surface area contributed by atoms with Crippen LogP contribution in [0.15, 0.2) is 0 Å². The van der Waals surface area contributed by atoms with Crippen LogP contribution in [0.4, 0.5) is 0 Å². The molecule has 495 valence electrons. The summed E-state index contributed by atoms with van der Waals surface area (Å²) in [4.78, 5) is 0.357. The van der Waals surface area contributed by atoms with E-state index < -0.39 is 69.5 Å². The van der Waals surface area contributed by atoms with E-state index >= 15 is 0 Å². The molecule has 15 aliphatic rings. The number of rotatable bonds is 6. The van der Waals surface area contributed by atoms with E-state index in [4.69, 9.17) is 104 Å². The van der Waals surface area contributed by atoms with Crippen molar-refractivity contribution in [3.05, 3.63) is 0 Å². The molecule has 15 fully saturated rings. The van der Waals surface area contributed by atoms with Crippen molar-refractivity contribution in [2.45, 2.75) is 335 Å². The molecule has 19 atom stereocenters. The van der Waals surface area contributed by atoms with Crippen LogP contribution in [0.2, 0.25) is 5.82 Å². The molecule has 6 unspecified atom stereocenters. The molecule has 0 bridgehead atoms. The highest BCUT2D eigenvalue weighted by molar-refractivity contribution is 9.25. The molecular weight excluding hydrogens is 1400 g/mol. The van der Waals surface area contributed by atoms with E-state index in [1.54, 1.807) is 28.4 Å². The molecule has 1 radical (unpaired) electrons. The largest absolute Gasteiger partial charge is 0.488 e. The van der Waals surface area contributed by atoms with Crippen molar-refractivity contribution < 1.29 is 104 Å². The first kappa shape index (κ1) is 69.6. The number of methoxy groups -OCH3 is 4. The van der Waals surface area contributed by atoms with Gasteiger partial charge in [0.25, 0.3) is 0 Å². The smallest absolute Gasteiger partial charge is 0.405 e. The minimum atomic E-state index is -0.657. The fourth-order valence-corrected chi connectivity index (χ4v) is 17.0. The Kier molecular flexibility index (Phi) is 17.5. The van der Waals surface area contributed by atoms with E-state index in [2.05, 4.69) is 91.4 Å². The first-order valence-electron chi connectivity index (χ1n) is 30.5. The minimum absolute atomic E-state index is 0.0122. The number of hydrogen-bond donors (Lipinski definition) is 0. The van der Waals surface area contributed by atoms with E-state index in [0.717, 1.165) is 25.7 Å². The maximum absolute atomic E-state index is 6.26. The zero-order valence-corrected chi connectivity index (χ0v) is 61.5. The van der Waals surface area contributed by atoms with E-state index in [0.29, 0.717) is 4.83 Å². The topological polar surface area (TPSA) is 203 Å². The van der Waals surface area contributed by atoms with Crippen LogP contribution in [0.25, 0.3) is 0 Å². The summed E-state index contributed by atoms with van der Waals surface area (Å²) >= 11 is 14.7. The Balaban J connectivity index is 0.000000116. The van der Waals surface area contributed by atoms with Crippen molar-refractivity contribution in [3.63, 3.8) is 0 Å². The van der Waals surface area contributed by atoms with E-state index in [1.165, 1.54) is 7.69 Å². The molecule has 15 rings (SSSR count). The fourth-order valence-electron chi connectivity index (χ4n) is 13.7. The van der Waals surface area contributed by atoms with Gasteiger partial charge in [0.05, 0.1) is 37.8 Å². The molecule has 22 nitrogen and oxygen atoms in total. The van der Waals surface area contributed by atoms with Crippen molar-refractivity contribution in [3.8, 4) is 0 Å². The Morgan fingerprint density at radius 3 is 1.06 bits per heavy atom. The molecule has 4 spiro atoms. The Morgan fingerprint density at radius 1 is 0.379 bits per heavy atom. The maximum Gasteiger partial charge on any atom is 0.488 e. The van der Waals surface area contributed by atoms with Gasteiger partial charge in [0.1, 0.15) is 74.5 Å². The molecule has 11 heterocycles. The lowest BCUT2D eigenvalue weighted by atomic mass is 9.78. The molecule has 0 aromatic rings. The van der Waals surface area contributed by atoms with Gasteiger partial charge < -0.3 is 104 Å². The molecular formula is C58H94B3Br4O22. The third-order valence-corrected chi connectivity index (χ3v) is 25.4. The van der Waals surface area contributed by atoms with Crippen LogP contribution in [0, 0.1) is 0 Å². The molecule has 4 saturated carbocycles. The van der Waals surface area contributed by atoms with Gasteiger partial charge in [0.15, 0.2) is 48.3 Å². The first-order chi connectivity index (χ1) is 39.6. The minimum Gasteiger partial charge on any atom is -0.405 e. The monoisotopic (exact) mass is 1490 g/mol. The van der Waals surface area contributed by atoms with Gasteiger partial charge in [-0.1, -0.05) is 63.7 Å². The predicted molar refractivity (Wildman–Crippen MR) is 329 cm³/mol. The molecule has 11 saturated heterocycles. The SMILES string of the molecule is CC1(C)O[B]OC1(C)C.CO[C@@H]1O[C@]2(CC2(Br)B2OC(C)(C)C(C)(C)O2)C2OC(C)(C)O[C@@H]21.CO[C@@H]1O[C@]2(CC2(Br)Br)C2OC(C)(C)O[C@@H]21.CO[C@@H]1O[C@]2(CC2Br)C2OC(C)(C)O[C@@H]21.CO[C@@H]1O[C@]2(C[C@@H]2B2OC(C)(C)C(C)(C)O2)C2OC(C)(C)O[C@@H]21. The summed E-state index contributed by atoms with van der Waals surface area (Å²) in [6.07, 6.45) is 0.639. The van der Waals surface area contributed by atoms with Gasteiger partial charge in [-0.25, -0.2) is 0 Å². The first-order valence-corrected chi connectivity index (χ1v) is 33.8. The zero-order valence-electron chi connectivity index (χ0n) is 55.1. The summed E-state index contributed by atoms with van der Waals surface area (Å²) in [5.74, 6) is -2.24. The van der Waals surface area contributed by atoms with Crippen LogP contribution in [-0.4, -0.2) is 216 Å². The number of alkyl halides is 4. The van der Waals surface area contributed by atoms with Crippen LogP contribution in [0.5, 0.6) is 0 Å². The van der Waals surface area contributed by atoms with E-state index in [1.807, 2.05) is 111 Å². The maximum atomic E-state index is 6.26. The Labute approximate surface area is 549 Å². The molecule has 0 N–H and O–H groups in total. The van der Waals surface area contributed by atoms with Crippen molar-refractivity contribution >= 4 is 85.6 Å². The summed E-state index contributed by atoms with van der Waals surface area (Å²) in [6, 6.07) is 0. The number of halogens is 4. The third-order valence-electron chi connectivity index (χ3n) is 21.0.